The zero-order valence-corrected chi connectivity index (χ0v) is 13.8. The van der Waals surface area contributed by atoms with Gasteiger partial charge in [-0.1, -0.05) is 36.4 Å². The van der Waals surface area contributed by atoms with E-state index >= 15 is 0 Å². The van der Waals surface area contributed by atoms with Crippen LogP contribution in [0, 0.1) is 13.8 Å². The fourth-order valence-corrected chi connectivity index (χ4v) is 3.81. The molecule has 0 radical (unpaired) electrons. The van der Waals surface area contributed by atoms with Gasteiger partial charge in [-0.25, -0.2) is 0 Å². The molecule has 0 saturated heterocycles. The van der Waals surface area contributed by atoms with Crippen LogP contribution in [-0.2, 0) is 0 Å². The number of aromatic nitrogens is 2. The molecule has 0 unspecified atom stereocenters. The second-order valence-corrected chi connectivity index (χ2v) is 6.39. The summed E-state index contributed by atoms with van der Waals surface area (Å²) in [6.45, 7) is 3.41. The smallest absolute Gasteiger partial charge is 0.358 e. The Balaban J connectivity index is 2.08. The van der Waals surface area contributed by atoms with Crippen LogP contribution in [0.2, 0.25) is 0 Å². The summed E-state index contributed by atoms with van der Waals surface area (Å²) in [5.74, 6) is -1.68. The molecular formula is C20H17F3N2. The van der Waals surface area contributed by atoms with Crippen molar-refractivity contribution in [2.75, 3.05) is 0 Å². The lowest BCUT2D eigenvalue weighted by Crippen LogP contribution is -2.23. The number of rotatable bonds is 2. The molecule has 2 aromatic heterocycles. The molecule has 2 aromatic carbocycles. The van der Waals surface area contributed by atoms with E-state index in [0.717, 1.165) is 11.0 Å². The van der Waals surface area contributed by atoms with Crippen molar-refractivity contribution in [1.82, 2.24) is 9.97 Å². The van der Waals surface area contributed by atoms with Gasteiger partial charge in [0, 0.05) is 33.2 Å². The van der Waals surface area contributed by atoms with Crippen molar-refractivity contribution < 1.29 is 13.2 Å². The first-order valence-electron chi connectivity index (χ1n) is 8.09. The highest BCUT2D eigenvalue weighted by Crippen LogP contribution is 2.47. The molecule has 4 aromatic rings. The van der Waals surface area contributed by atoms with Crippen LogP contribution in [0.5, 0.6) is 0 Å². The number of hydrogen-bond acceptors (Lipinski definition) is 0. The van der Waals surface area contributed by atoms with Crippen LogP contribution in [-0.4, -0.2) is 16.1 Å². The number of alkyl halides is 3. The highest BCUT2D eigenvalue weighted by atomic mass is 19.4. The van der Waals surface area contributed by atoms with Gasteiger partial charge in [-0.2, -0.15) is 13.2 Å². The van der Waals surface area contributed by atoms with E-state index in [1.54, 1.807) is 50.2 Å². The second-order valence-electron chi connectivity index (χ2n) is 6.39. The average molecular weight is 342 g/mol. The maximum atomic E-state index is 14.2. The highest BCUT2D eigenvalue weighted by molar-refractivity contribution is 5.90. The van der Waals surface area contributed by atoms with E-state index in [1.165, 1.54) is 0 Å². The van der Waals surface area contributed by atoms with Crippen molar-refractivity contribution in [1.29, 1.82) is 0 Å². The first kappa shape index (κ1) is 15.8. The normalized spacial score (nSPS) is 12.6. The lowest BCUT2D eigenvalue weighted by atomic mass is 9.87. The molecule has 2 heterocycles. The van der Waals surface area contributed by atoms with Crippen molar-refractivity contribution in [3.8, 4) is 0 Å². The molecule has 0 saturated carbocycles. The van der Waals surface area contributed by atoms with E-state index in [2.05, 4.69) is 9.97 Å². The van der Waals surface area contributed by atoms with E-state index in [1.807, 2.05) is 12.1 Å². The Bertz CT molecular complexity index is 990. The van der Waals surface area contributed by atoms with E-state index in [-0.39, 0.29) is 0 Å². The SMILES string of the molecule is Cc1[nH]c2ccccc2c1C(c1c(C)[nH]c2ccccc12)C(F)(F)F. The third-order valence-electron chi connectivity index (χ3n) is 4.79. The lowest BCUT2D eigenvalue weighted by molar-refractivity contribution is -0.140. The molecule has 0 spiro atoms. The predicted octanol–water partition coefficient (Wildman–Crippen LogP) is 5.96. The molecule has 0 aliphatic carbocycles. The first-order valence-corrected chi connectivity index (χ1v) is 8.09. The third kappa shape index (κ3) is 2.42. The van der Waals surface area contributed by atoms with Gasteiger partial charge in [0.2, 0.25) is 0 Å². The van der Waals surface area contributed by atoms with Crippen molar-refractivity contribution in [2.24, 2.45) is 0 Å². The summed E-state index contributed by atoms with van der Waals surface area (Å²) >= 11 is 0. The fraction of sp³-hybridized carbons (Fsp3) is 0.200. The van der Waals surface area contributed by atoms with Gasteiger partial charge in [0.1, 0.15) is 5.92 Å². The van der Waals surface area contributed by atoms with Gasteiger partial charge in [-0.05, 0) is 37.1 Å². The Morgan fingerprint density at radius 3 is 1.52 bits per heavy atom. The summed E-state index contributed by atoms with van der Waals surface area (Å²) in [5, 5.41) is 1.24. The Hall–Kier alpha value is -2.69. The summed E-state index contributed by atoms with van der Waals surface area (Å²) in [6.07, 6.45) is -4.40. The van der Waals surface area contributed by atoms with Crippen LogP contribution >= 0.6 is 0 Å². The maximum absolute atomic E-state index is 14.2. The molecule has 0 aliphatic rings. The standard InChI is InChI=1S/C20H17F3N2/c1-11-17(13-7-3-5-9-15(13)24-11)19(20(21,22)23)18-12(2)25-16-10-6-4-8-14(16)18/h3-10,19,24-25H,1-2H3. The Morgan fingerprint density at radius 2 is 1.12 bits per heavy atom. The summed E-state index contributed by atoms with van der Waals surface area (Å²) in [5.41, 5.74) is 3.15. The van der Waals surface area contributed by atoms with Crippen LogP contribution < -0.4 is 0 Å². The van der Waals surface area contributed by atoms with Gasteiger partial charge < -0.3 is 9.97 Å². The minimum absolute atomic E-state index is 0.302. The number of fused-ring (bicyclic) bond motifs is 2. The summed E-state index contributed by atoms with van der Waals surface area (Å²) in [4.78, 5) is 6.20. The Morgan fingerprint density at radius 1 is 0.720 bits per heavy atom. The minimum atomic E-state index is -4.40. The van der Waals surface area contributed by atoms with E-state index in [0.29, 0.717) is 33.3 Å². The van der Waals surface area contributed by atoms with Gasteiger partial charge >= 0.3 is 6.18 Å². The van der Waals surface area contributed by atoms with Crippen LogP contribution in [0.15, 0.2) is 48.5 Å². The second kappa shape index (κ2) is 5.41. The van der Waals surface area contributed by atoms with Gasteiger partial charge in [0.25, 0.3) is 0 Å². The van der Waals surface area contributed by atoms with Crippen molar-refractivity contribution >= 4 is 21.8 Å². The molecule has 0 fully saturated rings. The zero-order valence-electron chi connectivity index (χ0n) is 13.8. The monoisotopic (exact) mass is 342 g/mol. The van der Waals surface area contributed by atoms with Crippen molar-refractivity contribution in [3.63, 3.8) is 0 Å². The van der Waals surface area contributed by atoms with Crippen LogP contribution in [0.25, 0.3) is 21.8 Å². The number of H-pyrrole nitrogens is 2. The highest BCUT2D eigenvalue weighted by Gasteiger charge is 2.45. The number of nitrogens with one attached hydrogen (secondary N) is 2. The van der Waals surface area contributed by atoms with Gasteiger partial charge in [0.05, 0.1) is 0 Å². The van der Waals surface area contributed by atoms with E-state index in [4.69, 9.17) is 0 Å². The number of benzene rings is 2. The Labute approximate surface area is 142 Å². The molecule has 0 bridgehead atoms. The lowest BCUT2D eigenvalue weighted by Gasteiger charge is -2.22. The largest absolute Gasteiger partial charge is 0.399 e. The molecule has 0 atom stereocenters. The first-order chi connectivity index (χ1) is 11.9. The van der Waals surface area contributed by atoms with Gasteiger partial charge in [-0.15, -0.1) is 0 Å². The van der Waals surface area contributed by atoms with Crippen LogP contribution in [0.3, 0.4) is 0 Å². The number of hydrogen-bond donors (Lipinski definition) is 2. The molecule has 2 N–H and O–H groups in total. The van der Waals surface area contributed by atoms with Crippen molar-refractivity contribution in [3.05, 3.63) is 71.0 Å². The van der Waals surface area contributed by atoms with E-state index in [9.17, 15) is 13.2 Å². The maximum Gasteiger partial charge on any atom is 0.399 e. The van der Waals surface area contributed by atoms with Crippen LogP contribution in [0.1, 0.15) is 28.4 Å². The topological polar surface area (TPSA) is 31.6 Å². The summed E-state index contributed by atoms with van der Waals surface area (Å²) < 4.78 is 42.7. The quantitative estimate of drug-likeness (QED) is 0.450. The Kier molecular flexibility index (Phi) is 3.42. The molecule has 0 aliphatic heterocycles. The minimum Gasteiger partial charge on any atom is -0.358 e. The average Bonchev–Trinajstić information content (AvgIpc) is 3.04. The molecule has 2 nitrogen and oxygen atoms in total. The van der Waals surface area contributed by atoms with E-state index < -0.39 is 12.1 Å². The molecule has 5 heteroatoms. The fourth-order valence-electron chi connectivity index (χ4n) is 3.81. The number of halogens is 3. The molecule has 128 valence electrons. The van der Waals surface area contributed by atoms with Crippen LogP contribution in [0.4, 0.5) is 13.2 Å². The van der Waals surface area contributed by atoms with Gasteiger partial charge in [-0.3, -0.25) is 0 Å². The molecule has 25 heavy (non-hydrogen) atoms. The summed E-state index contributed by atoms with van der Waals surface area (Å²) in [6, 6.07) is 14.3. The molecular weight excluding hydrogens is 325 g/mol. The predicted molar refractivity (Wildman–Crippen MR) is 94.0 cm³/mol. The van der Waals surface area contributed by atoms with Gasteiger partial charge in [0.15, 0.2) is 0 Å². The number of aromatic amines is 2. The van der Waals surface area contributed by atoms with Crippen molar-refractivity contribution in [2.45, 2.75) is 25.9 Å². The summed E-state index contributed by atoms with van der Waals surface area (Å²) in [7, 11) is 0. The number of para-hydroxylation sites is 2. The number of aryl methyl sites for hydroxylation is 2. The third-order valence-corrected chi connectivity index (χ3v) is 4.79. The molecule has 0 amide bonds. The molecule has 4 rings (SSSR count). The zero-order chi connectivity index (χ0) is 17.8.